The van der Waals surface area contributed by atoms with Gasteiger partial charge in [-0.3, -0.25) is 9.69 Å². The lowest BCUT2D eigenvalue weighted by molar-refractivity contribution is -0.0111. The first kappa shape index (κ1) is 21.0. The maximum Gasteiger partial charge on any atom is 0.259 e. The monoisotopic (exact) mass is 381 g/mol. The Balaban J connectivity index is 2.17. The number of aliphatic hydroxyl groups is 1. The van der Waals surface area contributed by atoms with Gasteiger partial charge in [0.25, 0.3) is 5.56 Å². The fourth-order valence-corrected chi connectivity index (χ4v) is 4.01. The number of aromatic nitrogens is 2. The average molecular weight is 382 g/mol. The first-order valence-corrected chi connectivity index (χ1v) is 10.00. The van der Waals surface area contributed by atoms with Crippen molar-refractivity contribution in [1.29, 1.82) is 0 Å². The second-order valence-electron chi connectivity index (χ2n) is 7.60. The van der Waals surface area contributed by atoms with E-state index in [1.807, 2.05) is 27.7 Å². The van der Waals surface area contributed by atoms with Crippen LogP contribution in [0.25, 0.3) is 10.2 Å². The molecule has 0 aliphatic rings. The first-order valence-electron chi connectivity index (χ1n) is 9.18. The van der Waals surface area contributed by atoms with E-state index in [0.717, 1.165) is 21.8 Å². The summed E-state index contributed by atoms with van der Waals surface area (Å²) >= 11 is 1.55. The van der Waals surface area contributed by atoms with Crippen LogP contribution < -0.4 is 5.56 Å². The van der Waals surface area contributed by atoms with Gasteiger partial charge in [-0.15, -0.1) is 11.3 Å². The lowest BCUT2D eigenvalue weighted by atomic mass is 10.2. The molecule has 0 fully saturated rings. The van der Waals surface area contributed by atoms with Crippen molar-refractivity contribution in [3.8, 4) is 0 Å². The number of aromatic amines is 1. The Hall–Kier alpha value is -1.28. The molecule has 0 amide bonds. The Bertz CT molecular complexity index is 782. The molecule has 146 valence electrons. The number of nitrogens with one attached hydrogen (secondary N) is 1. The highest BCUT2D eigenvalue weighted by atomic mass is 32.1. The van der Waals surface area contributed by atoms with Crippen LogP contribution in [0, 0.1) is 19.8 Å². The minimum absolute atomic E-state index is 0.0833. The van der Waals surface area contributed by atoms with Crippen molar-refractivity contribution < 1.29 is 9.84 Å². The van der Waals surface area contributed by atoms with Crippen LogP contribution in [-0.2, 0) is 11.3 Å². The predicted molar refractivity (Wildman–Crippen MR) is 107 cm³/mol. The van der Waals surface area contributed by atoms with Crippen molar-refractivity contribution in [3.63, 3.8) is 0 Å². The van der Waals surface area contributed by atoms with E-state index >= 15 is 0 Å². The van der Waals surface area contributed by atoms with Gasteiger partial charge in [0.05, 0.1) is 30.7 Å². The number of H-pyrrole nitrogens is 1. The van der Waals surface area contributed by atoms with Crippen molar-refractivity contribution >= 4 is 21.6 Å². The third-order valence-corrected chi connectivity index (χ3v) is 5.28. The molecule has 0 radical (unpaired) electrons. The molecule has 2 aromatic rings. The second-order valence-corrected chi connectivity index (χ2v) is 8.80. The van der Waals surface area contributed by atoms with Crippen LogP contribution >= 0.6 is 11.3 Å². The molecule has 26 heavy (non-hydrogen) atoms. The Kier molecular flexibility index (Phi) is 7.34. The molecule has 0 bridgehead atoms. The van der Waals surface area contributed by atoms with E-state index in [1.165, 1.54) is 0 Å². The Labute approximate surface area is 159 Å². The first-order chi connectivity index (χ1) is 12.2. The number of hydrogen-bond donors (Lipinski definition) is 2. The molecule has 1 unspecified atom stereocenters. The summed E-state index contributed by atoms with van der Waals surface area (Å²) < 4.78 is 5.50. The molecule has 0 saturated heterocycles. The van der Waals surface area contributed by atoms with Crippen LogP contribution in [0.15, 0.2) is 4.79 Å². The average Bonchev–Trinajstić information content (AvgIpc) is 2.79. The lowest BCUT2D eigenvalue weighted by Crippen LogP contribution is -2.38. The summed E-state index contributed by atoms with van der Waals surface area (Å²) in [5.41, 5.74) is 0.922. The van der Waals surface area contributed by atoms with Gasteiger partial charge in [0.15, 0.2) is 0 Å². The Morgan fingerprint density at radius 1 is 1.23 bits per heavy atom. The van der Waals surface area contributed by atoms with Crippen molar-refractivity contribution in [2.24, 2.45) is 5.92 Å². The highest BCUT2D eigenvalue weighted by Gasteiger charge is 2.17. The van der Waals surface area contributed by atoms with Crippen LogP contribution in [0.5, 0.6) is 0 Å². The van der Waals surface area contributed by atoms with E-state index in [0.29, 0.717) is 36.8 Å². The normalized spacial score (nSPS) is 13.5. The zero-order valence-corrected chi connectivity index (χ0v) is 17.4. The predicted octanol–water partition coefficient (Wildman–Crippen LogP) is 2.85. The number of thiophene rings is 1. The van der Waals surface area contributed by atoms with Crippen LogP contribution in [0.2, 0.25) is 0 Å². The number of hydrogen-bond acceptors (Lipinski definition) is 6. The number of fused-ring (bicyclic) bond motifs is 1. The molecule has 6 nitrogen and oxygen atoms in total. The highest BCUT2D eigenvalue weighted by molar-refractivity contribution is 7.18. The van der Waals surface area contributed by atoms with Gasteiger partial charge in [0.2, 0.25) is 0 Å². The van der Waals surface area contributed by atoms with E-state index in [9.17, 15) is 9.90 Å². The highest BCUT2D eigenvalue weighted by Crippen LogP contribution is 2.25. The van der Waals surface area contributed by atoms with Crippen molar-refractivity contribution in [1.82, 2.24) is 14.9 Å². The molecular weight excluding hydrogens is 350 g/mol. The van der Waals surface area contributed by atoms with E-state index in [1.54, 1.807) is 11.3 Å². The van der Waals surface area contributed by atoms with Gasteiger partial charge in [-0.2, -0.15) is 0 Å². The van der Waals surface area contributed by atoms with E-state index in [2.05, 4.69) is 28.7 Å². The van der Waals surface area contributed by atoms with Gasteiger partial charge in [-0.1, -0.05) is 13.8 Å². The van der Waals surface area contributed by atoms with Crippen molar-refractivity contribution in [2.75, 3.05) is 19.7 Å². The minimum atomic E-state index is -0.571. The molecular formula is C19H31N3O3S. The number of aliphatic hydroxyl groups excluding tert-OH is 1. The van der Waals surface area contributed by atoms with Crippen molar-refractivity contribution in [3.05, 3.63) is 26.6 Å². The van der Waals surface area contributed by atoms with Gasteiger partial charge < -0.3 is 14.8 Å². The van der Waals surface area contributed by atoms with E-state index < -0.39 is 6.10 Å². The van der Waals surface area contributed by atoms with Gasteiger partial charge >= 0.3 is 0 Å². The number of nitrogens with zero attached hydrogens (tertiary/aromatic N) is 2. The molecule has 0 saturated carbocycles. The molecule has 2 aromatic heterocycles. The number of aryl methyl sites for hydroxylation is 2. The fraction of sp³-hybridized carbons (Fsp3) is 0.684. The van der Waals surface area contributed by atoms with E-state index in [-0.39, 0.29) is 11.7 Å². The lowest BCUT2D eigenvalue weighted by Gasteiger charge is -2.26. The summed E-state index contributed by atoms with van der Waals surface area (Å²) in [5, 5.41) is 11.0. The van der Waals surface area contributed by atoms with Gasteiger partial charge in [0, 0.05) is 18.0 Å². The third kappa shape index (κ3) is 5.61. The van der Waals surface area contributed by atoms with Crippen LogP contribution in [0.4, 0.5) is 0 Å². The molecule has 1 atom stereocenters. The smallest absolute Gasteiger partial charge is 0.259 e. The minimum Gasteiger partial charge on any atom is -0.389 e. The topological polar surface area (TPSA) is 78.5 Å². The standard InChI is InChI=1S/C19H31N3O3S/c1-11(2)7-22(8-15(23)10-25-12(3)4)9-16-20-18(24)17-13(5)14(6)26-19(17)21-16/h11-12,15,23H,7-10H2,1-6H3,(H,20,21,24). The zero-order chi connectivity index (χ0) is 19.4. The zero-order valence-electron chi connectivity index (χ0n) is 16.6. The second kappa shape index (κ2) is 9.08. The summed E-state index contributed by atoms with van der Waals surface area (Å²) in [4.78, 5) is 24.1. The van der Waals surface area contributed by atoms with Crippen LogP contribution in [-0.4, -0.2) is 51.9 Å². The number of ether oxygens (including phenoxy) is 1. The fourth-order valence-electron chi connectivity index (χ4n) is 2.96. The Morgan fingerprint density at radius 3 is 2.54 bits per heavy atom. The quantitative estimate of drug-likeness (QED) is 0.698. The summed E-state index contributed by atoms with van der Waals surface area (Å²) in [7, 11) is 0. The summed E-state index contributed by atoms with van der Waals surface area (Å²) in [5.74, 6) is 1.08. The SMILES string of the molecule is Cc1sc2nc(CN(CC(C)C)CC(O)COC(C)C)[nH]c(=O)c2c1C. The van der Waals surface area contributed by atoms with Crippen molar-refractivity contribution in [2.45, 2.75) is 60.3 Å². The molecule has 0 aromatic carbocycles. The molecule has 7 heteroatoms. The molecule has 2 heterocycles. The Morgan fingerprint density at radius 2 is 1.92 bits per heavy atom. The third-order valence-electron chi connectivity index (χ3n) is 4.18. The van der Waals surface area contributed by atoms with E-state index in [4.69, 9.17) is 4.74 Å². The molecule has 2 N–H and O–H groups in total. The van der Waals surface area contributed by atoms with Gasteiger partial charge in [0.1, 0.15) is 10.7 Å². The molecule has 0 aliphatic heterocycles. The van der Waals surface area contributed by atoms with Gasteiger partial charge in [-0.05, 0) is 39.2 Å². The largest absolute Gasteiger partial charge is 0.389 e. The molecule has 2 rings (SSSR count). The van der Waals surface area contributed by atoms with Crippen LogP contribution in [0.1, 0.15) is 44.0 Å². The van der Waals surface area contributed by atoms with Crippen LogP contribution in [0.3, 0.4) is 0 Å². The summed E-state index contributed by atoms with van der Waals surface area (Å²) in [6, 6.07) is 0. The molecule has 0 spiro atoms. The maximum atomic E-state index is 12.5. The summed E-state index contributed by atoms with van der Waals surface area (Å²) in [6.07, 6.45) is -0.480. The maximum absolute atomic E-state index is 12.5. The summed E-state index contributed by atoms with van der Waals surface area (Å²) in [6.45, 7) is 14.2. The number of rotatable bonds is 9. The van der Waals surface area contributed by atoms with Gasteiger partial charge in [-0.25, -0.2) is 4.98 Å². The molecule has 0 aliphatic carbocycles.